The van der Waals surface area contributed by atoms with Gasteiger partial charge in [-0.15, -0.1) is 0 Å². The van der Waals surface area contributed by atoms with Crippen LogP contribution in [0.3, 0.4) is 0 Å². The summed E-state index contributed by atoms with van der Waals surface area (Å²) < 4.78 is 0. The van der Waals surface area contributed by atoms with Crippen molar-refractivity contribution in [3.05, 3.63) is 30.1 Å². The van der Waals surface area contributed by atoms with Crippen LogP contribution in [0.1, 0.15) is 38.8 Å². The lowest BCUT2D eigenvalue weighted by molar-refractivity contribution is -0.128. The fourth-order valence-corrected chi connectivity index (χ4v) is 4.20. The molecule has 3 atom stereocenters. The third-order valence-corrected chi connectivity index (χ3v) is 5.76. The van der Waals surface area contributed by atoms with E-state index in [1.165, 1.54) is 5.56 Å². The van der Waals surface area contributed by atoms with Gasteiger partial charge in [-0.05, 0) is 30.9 Å². The van der Waals surface area contributed by atoms with Crippen molar-refractivity contribution in [3.63, 3.8) is 0 Å². The molecule has 1 amide bonds. The summed E-state index contributed by atoms with van der Waals surface area (Å²) in [6.45, 7) is 12.5. The van der Waals surface area contributed by atoms with Gasteiger partial charge in [0.2, 0.25) is 5.91 Å². The summed E-state index contributed by atoms with van der Waals surface area (Å²) in [6.07, 6.45) is 4.91. The molecule has 3 heterocycles. The number of hydrogen-bond donors (Lipinski definition) is 0. The van der Waals surface area contributed by atoms with Gasteiger partial charge in [0.15, 0.2) is 0 Å². The smallest absolute Gasteiger partial charge is 0.219 e. The van der Waals surface area contributed by atoms with Gasteiger partial charge in [0, 0.05) is 70.7 Å². The van der Waals surface area contributed by atoms with E-state index in [-0.39, 0.29) is 5.91 Å². The van der Waals surface area contributed by atoms with Crippen LogP contribution in [0.15, 0.2) is 24.5 Å². The van der Waals surface area contributed by atoms with Crippen molar-refractivity contribution in [1.29, 1.82) is 0 Å². The van der Waals surface area contributed by atoms with E-state index >= 15 is 0 Å². The number of nitrogens with zero attached hydrogens (tertiary/aromatic N) is 4. The first-order valence-corrected chi connectivity index (χ1v) is 9.20. The van der Waals surface area contributed by atoms with Crippen molar-refractivity contribution in [3.8, 4) is 0 Å². The Morgan fingerprint density at radius 2 is 2.08 bits per heavy atom. The summed E-state index contributed by atoms with van der Waals surface area (Å²) >= 11 is 0. The van der Waals surface area contributed by atoms with Gasteiger partial charge in [-0.2, -0.15) is 0 Å². The van der Waals surface area contributed by atoms with Gasteiger partial charge >= 0.3 is 0 Å². The SMILES string of the molecule is CC(=O)N1CCCN([C@@H]2CN([C@H](C)c3cccnc3)C[C@H]2C)CC1. The number of rotatable bonds is 3. The largest absolute Gasteiger partial charge is 0.342 e. The van der Waals surface area contributed by atoms with Crippen LogP contribution >= 0.6 is 0 Å². The molecule has 0 saturated carbocycles. The molecule has 5 nitrogen and oxygen atoms in total. The number of pyridine rings is 1. The van der Waals surface area contributed by atoms with Gasteiger partial charge in [-0.25, -0.2) is 0 Å². The van der Waals surface area contributed by atoms with E-state index in [4.69, 9.17) is 0 Å². The van der Waals surface area contributed by atoms with E-state index in [2.05, 4.69) is 34.7 Å². The van der Waals surface area contributed by atoms with E-state index in [1.807, 2.05) is 23.4 Å². The molecule has 1 aromatic heterocycles. The zero-order valence-corrected chi connectivity index (χ0v) is 15.2. The Morgan fingerprint density at radius 3 is 2.79 bits per heavy atom. The first kappa shape index (κ1) is 17.4. The molecule has 132 valence electrons. The molecule has 2 aliphatic rings. The monoisotopic (exact) mass is 330 g/mol. The highest BCUT2D eigenvalue weighted by molar-refractivity contribution is 5.73. The van der Waals surface area contributed by atoms with Crippen LogP contribution in [0.5, 0.6) is 0 Å². The zero-order chi connectivity index (χ0) is 17.1. The first-order valence-electron chi connectivity index (χ1n) is 9.20. The lowest BCUT2D eigenvalue weighted by Crippen LogP contribution is -2.43. The first-order chi connectivity index (χ1) is 11.6. The lowest BCUT2D eigenvalue weighted by Gasteiger charge is -2.30. The highest BCUT2D eigenvalue weighted by Crippen LogP contribution is 2.30. The van der Waals surface area contributed by atoms with Gasteiger partial charge in [0.1, 0.15) is 0 Å². The Kier molecular flexibility index (Phi) is 5.51. The van der Waals surface area contributed by atoms with Crippen LogP contribution in [0.25, 0.3) is 0 Å². The summed E-state index contributed by atoms with van der Waals surface area (Å²) in [7, 11) is 0. The molecule has 0 aliphatic carbocycles. The number of aromatic nitrogens is 1. The Balaban J connectivity index is 1.62. The number of likely N-dealkylation sites (tertiary alicyclic amines) is 1. The molecule has 2 saturated heterocycles. The quantitative estimate of drug-likeness (QED) is 0.850. The number of carbonyl (C=O) groups is 1. The van der Waals surface area contributed by atoms with Crippen molar-refractivity contribution in [1.82, 2.24) is 19.7 Å². The maximum atomic E-state index is 11.6. The predicted octanol–water partition coefficient (Wildman–Crippen LogP) is 2.02. The van der Waals surface area contributed by atoms with Crippen molar-refractivity contribution < 1.29 is 4.79 Å². The van der Waals surface area contributed by atoms with Gasteiger partial charge < -0.3 is 4.90 Å². The van der Waals surface area contributed by atoms with Gasteiger partial charge in [-0.1, -0.05) is 13.0 Å². The van der Waals surface area contributed by atoms with Crippen LogP contribution in [0.4, 0.5) is 0 Å². The normalized spacial score (nSPS) is 27.9. The average molecular weight is 330 g/mol. The molecule has 0 bridgehead atoms. The van der Waals surface area contributed by atoms with Crippen LogP contribution in [-0.2, 0) is 4.79 Å². The maximum absolute atomic E-state index is 11.6. The van der Waals surface area contributed by atoms with Gasteiger partial charge in [0.05, 0.1) is 0 Å². The maximum Gasteiger partial charge on any atom is 0.219 e. The van der Waals surface area contributed by atoms with Crippen LogP contribution in [0, 0.1) is 5.92 Å². The summed E-state index contributed by atoms with van der Waals surface area (Å²) in [5, 5.41) is 0. The Bertz CT molecular complexity index is 550. The minimum atomic E-state index is 0.211. The molecule has 1 aromatic rings. The minimum Gasteiger partial charge on any atom is -0.342 e. The molecule has 24 heavy (non-hydrogen) atoms. The third kappa shape index (κ3) is 3.78. The van der Waals surface area contributed by atoms with Gasteiger partial charge in [0.25, 0.3) is 0 Å². The summed E-state index contributed by atoms with van der Waals surface area (Å²) in [4.78, 5) is 23.1. The molecule has 0 radical (unpaired) electrons. The second-order valence-electron chi connectivity index (χ2n) is 7.36. The highest BCUT2D eigenvalue weighted by atomic mass is 16.2. The van der Waals surface area contributed by atoms with E-state index < -0.39 is 0 Å². The second-order valence-corrected chi connectivity index (χ2v) is 7.36. The van der Waals surface area contributed by atoms with Crippen molar-refractivity contribution in [2.75, 3.05) is 39.3 Å². The topological polar surface area (TPSA) is 39.7 Å². The average Bonchev–Trinajstić information content (AvgIpc) is 2.82. The lowest BCUT2D eigenvalue weighted by atomic mass is 10.0. The minimum absolute atomic E-state index is 0.211. The zero-order valence-electron chi connectivity index (χ0n) is 15.2. The van der Waals surface area contributed by atoms with Crippen molar-refractivity contribution >= 4 is 5.91 Å². The van der Waals surface area contributed by atoms with Crippen LogP contribution in [-0.4, -0.2) is 70.9 Å². The molecule has 3 rings (SSSR count). The molecular formula is C19H30N4O. The fraction of sp³-hybridized carbons (Fsp3) is 0.684. The molecule has 5 heteroatoms. The molecular weight excluding hydrogens is 300 g/mol. The summed E-state index contributed by atoms with van der Waals surface area (Å²) in [5.74, 6) is 0.871. The van der Waals surface area contributed by atoms with E-state index in [0.29, 0.717) is 18.0 Å². The molecule has 0 spiro atoms. The van der Waals surface area contributed by atoms with Crippen LogP contribution in [0.2, 0.25) is 0 Å². The predicted molar refractivity (Wildman–Crippen MR) is 95.6 cm³/mol. The summed E-state index contributed by atoms with van der Waals surface area (Å²) in [6, 6.07) is 5.20. The second kappa shape index (κ2) is 7.62. The molecule has 0 N–H and O–H groups in total. The van der Waals surface area contributed by atoms with Crippen molar-refractivity contribution in [2.45, 2.75) is 39.3 Å². The van der Waals surface area contributed by atoms with E-state index in [1.54, 1.807) is 6.92 Å². The molecule has 2 aliphatic heterocycles. The Hall–Kier alpha value is -1.46. The molecule has 0 aromatic carbocycles. The standard InChI is InChI=1S/C19H30N4O/c1-15-13-23(16(2)18-6-4-7-20-12-18)14-19(15)22-9-5-8-21(10-11-22)17(3)24/h4,6-7,12,15-16,19H,5,8-11,13-14H2,1-3H3/t15-,16-,19-/m1/s1. The summed E-state index contributed by atoms with van der Waals surface area (Å²) in [5.41, 5.74) is 1.30. The van der Waals surface area contributed by atoms with Crippen LogP contribution < -0.4 is 0 Å². The van der Waals surface area contributed by atoms with Crippen molar-refractivity contribution in [2.24, 2.45) is 5.92 Å². The fourth-order valence-electron chi connectivity index (χ4n) is 4.20. The molecule has 0 unspecified atom stereocenters. The highest BCUT2D eigenvalue weighted by Gasteiger charge is 2.36. The van der Waals surface area contributed by atoms with E-state index in [0.717, 1.165) is 45.7 Å². The third-order valence-electron chi connectivity index (χ3n) is 5.76. The van der Waals surface area contributed by atoms with Gasteiger partial charge in [-0.3, -0.25) is 19.6 Å². The number of hydrogen-bond acceptors (Lipinski definition) is 4. The number of amides is 1. The van der Waals surface area contributed by atoms with E-state index in [9.17, 15) is 4.79 Å². The molecule has 2 fully saturated rings. The Labute approximate surface area is 145 Å². The Morgan fingerprint density at radius 1 is 1.25 bits per heavy atom. The number of carbonyl (C=O) groups excluding carboxylic acids is 1.